The molecule has 1 amide bonds. The molecule has 0 aliphatic heterocycles. The van der Waals surface area contributed by atoms with E-state index in [4.69, 9.17) is 4.52 Å². The van der Waals surface area contributed by atoms with Crippen molar-refractivity contribution in [3.63, 3.8) is 0 Å². The summed E-state index contributed by atoms with van der Waals surface area (Å²) in [5.74, 6) is -0.0650. The van der Waals surface area contributed by atoms with Crippen LogP contribution >= 0.6 is 0 Å². The molecule has 0 radical (unpaired) electrons. The predicted molar refractivity (Wildman–Crippen MR) is 77.7 cm³/mol. The highest BCUT2D eigenvalue weighted by molar-refractivity contribution is 7.89. The van der Waals surface area contributed by atoms with Crippen LogP contribution in [0, 0.1) is 13.8 Å². The lowest BCUT2D eigenvalue weighted by Crippen LogP contribution is -2.35. The van der Waals surface area contributed by atoms with Gasteiger partial charge in [0, 0.05) is 31.0 Å². The summed E-state index contributed by atoms with van der Waals surface area (Å²) >= 11 is 0. The molecule has 2 heterocycles. The Morgan fingerprint density at radius 2 is 1.91 bits per heavy atom. The molecule has 22 heavy (non-hydrogen) atoms. The van der Waals surface area contributed by atoms with Crippen molar-refractivity contribution in [1.82, 2.24) is 20.2 Å². The van der Waals surface area contributed by atoms with Crippen LogP contribution in [0.2, 0.25) is 0 Å². The van der Waals surface area contributed by atoms with Gasteiger partial charge in [-0.2, -0.15) is 0 Å². The maximum absolute atomic E-state index is 12.1. The minimum absolute atomic E-state index is 0.0351. The van der Waals surface area contributed by atoms with Crippen molar-refractivity contribution < 1.29 is 17.7 Å². The molecule has 9 heteroatoms. The number of aryl methyl sites for hydroxylation is 2. The topological polar surface area (TPSA) is 114 Å². The maximum atomic E-state index is 12.1. The molecule has 2 rings (SSSR count). The fourth-order valence-corrected chi connectivity index (χ4v) is 3.25. The molecule has 0 aliphatic rings. The van der Waals surface area contributed by atoms with E-state index in [1.165, 1.54) is 19.3 Å². The van der Waals surface area contributed by atoms with E-state index >= 15 is 0 Å². The second-order valence-corrected chi connectivity index (χ2v) is 6.25. The molecule has 0 fully saturated rings. The molecule has 2 aromatic rings. The number of carbonyl (C=O) groups excluding carboxylic acids is 1. The average molecular weight is 324 g/mol. The van der Waals surface area contributed by atoms with E-state index in [9.17, 15) is 13.2 Å². The summed E-state index contributed by atoms with van der Waals surface area (Å²) in [5, 5.41) is 6.22. The molecule has 8 nitrogen and oxygen atoms in total. The molecular formula is C13H16N4O4S. The minimum atomic E-state index is -3.71. The highest BCUT2D eigenvalue weighted by atomic mass is 32.2. The lowest BCUT2D eigenvalue weighted by molar-refractivity contribution is 0.0954. The second kappa shape index (κ2) is 6.67. The fourth-order valence-electron chi connectivity index (χ4n) is 1.90. The van der Waals surface area contributed by atoms with Crippen LogP contribution in [0.1, 0.15) is 21.8 Å². The van der Waals surface area contributed by atoms with E-state index in [0.717, 1.165) is 0 Å². The molecule has 0 bridgehead atoms. The number of pyridine rings is 1. The van der Waals surface area contributed by atoms with Gasteiger partial charge in [-0.05, 0) is 26.0 Å². The van der Waals surface area contributed by atoms with Crippen LogP contribution in [0.4, 0.5) is 0 Å². The van der Waals surface area contributed by atoms with E-state index in [2.05, 4.69) is 20.2 Å². The van der Waals surface area contributed by atoms with Gasteiger partial charge in [-0.25, -0.2) is 13.1 Å². The smallest absolute Gasteiger partial charge is 0.251 e. The summed E-state index contributed by atoms with van der Waals surface area (Å²) in [5.41, 5.74) is 0.759. The number of hydrogen-bond donors (Lipinski definition) is 2. The molecule has 0 atom stereocenters. The molecule has 0 saturated heterocycles. The average Bonchev–Trinajstić information content (AvgIpc) is 2.84. The van der Waals surface area contributed by atoms with Crippen LogP contribution in [-0.2, 0) is 10.0 Å². The largest absolute Gasteiger partial charge is 0.360 e. The third-order valence-electron chi connectivity index (χ3n) is 2.88. The van der Waals surface area contributed by atoms with E-state index in [1.807, 2.05) is 0 Å². The van der Waals surface area contributed by atoms with Crippen LogP contribution in [0.3, 0.4) is 0 Å². The van der Waals surface area contributed by atoms with E-state index in [1.54, 1.807) is 19.1 Å². The van der Waals surface area contributed by atoms with Gasteiger partial charge in [-0.15, -0.1) is 0 Å². The van der Waals surface area contributed by atoms with Crippen LogP contribution in [0.5, 0.6) is 0 Å². The van der Waals surface area contributed by atoms with E-state index in [0.29, 0.717) is 11.3 Å². The van der Waals surface area contributed by atoms with Crippen LogP contribution in [0.25, 0.3) is 0 Å². The minimum Gasteiger partial charge on any atom is -0.360 e. The predicted octanol–water partition coefficient (Wildman–Crippen LogP) is 0.395. The third-order valence-corrected chi connectivity index (χ3v) is 4.59. The van der Waals surface area contributed by atoms with E-state index < -0.39 is 10.0 Å². The Labute approximate surface area is 128 Å². The number of carbonyl (C=O) groups is 1. The summed E-state index contributed by atoms with van der Waals surface area (Å²) in [7, 11) is -3.71. The second-order valence-electron chi connectivity index (χ2n) is 4.54. The van der Waals surface area contributed by atoms with Crippen LogP contribution in [-0.4, -0.2) is 37.6 Å². The molecular weight excluding hydrogens is 308 g/mol. The molecule has 2 aromatic heterocycles. The van der Waals surface area contributed by atoms with Crippen LogP contribution in [0.15, 0.2) is 33.9 Å². The van der Waals surface area contributed by atoms with Crippen LogP contribution < -0.4 is 10.0 Å². The van der Waals surface area contributed by atoms with Gasteiger partial charge in [-0.1, -0.05) is 5.16 Å². The lowest BCUT2D eigenvalue weighted by Gasteiger charge is -2.07. The Balaban J connectivity index is 1.88. The fraction of sp³-hybridized carbons (Fsp3) is 0.308. The molecule has 118 valence electrons. The zero-order valence-corrected chi connectivity index (χ0v) is 13.0. The Kier molecular flexibility index (Phi) is 4.88. The number of amides is 1. The Bertz CT molecular complexity index is 736. The zero-order valence-electron chi connectivity index (χ0n) is 12.2. The van der Waals surface area contributed by atoms with E-state index in [-0.39, 0.29) is 29.7 Å². The Hall–Kier alpha value is -2.26. The van der Waals surface area contributed by atoms with Gasteiger partial charge in [0.05, 0.1) is 0 Å². The van der Waals surface area contributed by atoms with Gasteiger partial charge in [0.15, 0.2) is 5.76 Å². The highest BCUT2D eigenvalue weighted by Gasteiger charge is 2.23. The van der Waals surface area contributed by atoms with Crippen molar-refractivity contribution in [1.29, 1.82) is 0 Å². The molecule has 0 aliphatic carbocycles. The van der Waals surface area contributed by atoms with Gasteiger partial charge >= 0.3 is 0 Å². The normalized spacial score (nSPS) is 11.4. The van der Waals surface area contributed by atoms with Gasteiger partial charge in [0.2, 0.25) is 10.0 Å². The van der Waals surface area contributed by atoms with Gasteiger partial charge in [-0.3, -0.25) is 9.78 Å². The first kappa shape index (κ1) is 16.1. The lowest BCUT2D eigenvalue weighted by atomic mass is 10.2. The van der Waals surface area contributed by atoms with Gasteiger partial charge in [0.1, 0.15) is 10.6 Å². The van der Waals surface area contributed by atoms with Crippen molar-refractivity contribution in [2.45, 2.75) is 18.7 Å². The molecule has 0 saturated carbocycles. The van der Waals surface area contributed by atoms with Gasteiger partial charge < -0.3 is 9.84 Å². The summed E-state index contributed by atoms with van der Waals surface area (Å²) in [6, 6.07) is 3.15. The number of sulfonamides is 1. The SMILES string of the molecule is Cc1noc(C)c1S(=O)(=O)NCCNC(=O)c1ccncc1. The van der Waals surface area contributed by atoms with Crippen molar-refractivity contribution in [2.24, 2.45) is 0 Å². The highest BCUT2D eigenvalue weighted by Crippen LogP contribution is 2.18. The molecule has 0 spiro atoms. The van der Waals surface area contributed by atoms with Crippen molar-refractivity contribution in [2.75, 3.05) is 13.1 Å². The zero-order chi connectivity index (χ0) is 16.2. The first-order valence-electron chi connectivity index (χ1n) is 6.52. The number of rotatable bonds is 6. The summed E-state index contributed by atoms with van der Waals surface area (Å²) < 4.78 is 31.5. The first-order chi connectivity index (χ1) is 10.4. The molecule has 2 N–H and O–H groups in total. The standard InChI is InChI=1S/C13H16N4O4S/c1-9-12(10(2)21-17-9)22(19,20)16-8-7-15-13(18)11-3-5-14-6-4-11/h3-6,16H,7-8H2,1-2H3,(H,15,18). The number of nitrogens with one attached hydrogen (secondary N) is 2. The number of nitrogens with zero attached hydrogens (tertiary/aromatic N) is 2. The Morgan fingerprint density at radius 3 is 2.50 bits per heavy atom. The third kappa shape index (κ3) is 3.68. The summed E-state index contributed by atoms with van der Waals surface area (Å²) in [6.45, 7) is 3.29. The number of aromatic nitrogens is 2. The molecule has 0 unspecified atom stereocenters. The Morgan fingerprint density at radius 1 is 1.23 bits per heavy atom. The molecule has 0 aromatic carbocycles. The summed E-state index contributed by atoms with van der Waals surface area (Å²) in [6.07, 6.45) is 3.02. The quantitative estimate of drug-likeness (QED) is 0.743. The maximum Gasteiger partial charge on any atom is 0.251 e. The summed E-state index contributed by atoms with van der Waals surface area (Å²) in [4.78, 5) is 15.6. The van der Waals surface area contributed by atoms with Crippen molar-refractivity contribution >= 4 is 15.9 Å². The number of hydrogen-bond acceptors (Lipinski definition) is 6. The first-order valence-corrected chi connectivity index (χ1v) is 8.01. The van der Waals surface area contributed by atoms with Gasteiger partial charge in [0.25, 0.3) is 5.91 Å². The van der Waals surface area contributed by atoms with Crippen molar-refractivity contribution in [3.05, 3.63) is 41.5 Å². The monoisotopic (exact) mass is 324 g/mol. The van der Waals surface area contributed by atoms with Crippen molar-refractivity contribution in [3.8, 4) is 0 Å².